The number of hydrogen-bond donors (Lipinski definition) is 2. The summed E-state index contributed by atoms with van der Waals surface area (Å²) in [5, 5.41) is 12.1. The van der Waals surface area contributed by atoms with Crippen LogP contribution in [-0.4, -0.2) is 22.0 Å². The predicted octanol–water partition coefficient (Wildman–Crippen LogP) is 3.79. The fourth-order valence-corrected chi connectivity index (χ4v) is 2.99. The molecule has 0 bridgehead atoms. The van der Waals surface area contributed by atoms with Crippen molar-refractivity contribution in [2.75, 3.05) is 5.32 Å². The first-order chi connectivity index (χ1) is 12.5. The molecule has 134 valence electrons. The van der Waals surface area contributed by atoms with Crippen molar-refractivity contribution in [1.29, 1.82) is 0 Å². The maximum Gasteiger partial charge on any atom is 0.307 e. The van der Waals surface area contributed by atoms with Crippen molar-refractivity contribution < 1.29 is 19.4 Å². The monoisotopic (exact) mass is 352 g/mol. The molecular formula is C20H20N2O4. The first-order valence-electron chi connectivity index (χ1n) is 8.42. The Morgan fingerprint density at radius 1 is 1.19 bits per heavy atom. The molecule has 26 heavy (non-hydrogen) atoms. The number of hydrogen-bond acceptors (Lipinski definition) is 4. The number of aryl methyl sites for hydroxylation is 1. The summed E-state index contributed by atoms with van der Waals surface area (Å²) in [6.45, 7) is 1.88. The van der Waals surface area contributed by atoms with E-state index in [-0.39, 0.29) is 5.91 Å². The first-order valence-corrected chi connectivity index (χ1v) is 8.42. The van der Waals surface area contributed by atoms with Gasteiger partial charge in [-0.25, -0.2) is 0 Å². The lowest BCUT2D eigenvalue weighted by Crippen LogP contribution is -2.34. The molecule has 1 heterocycles. The molecule has 0 spiro atoms. The Balaban J connectivity index is 1.70. The summed E-state index contributed by atoms with van der Waals surface area (Å²) < 4.78 is 5.77. The van der Waals surface area contributed by atoms with Crippen LogP contribution in [0.15, 0.2) is 54.9 Å². The van der Waals surface area contributed by atoms with Crippen molar-refractivity contribution in [3.63, 3.8) is 0 Å². The van der Waals surface area contributed by atoms with E-state index in [0.29, 0.717) is 30.0 Å². The highest BCUT2D eigenvalue weighted by molar-refractivity contribution is 5.95. The van der Waals surface area contributed by atoms with E-state index in [1.54, 1.807) is 36.7 Å². The highest BCUT2D eigenvalue weighted by Gasteiger charge is 2.33. The topological polar surface area (TPSA) is 88.5 Å². The Morgan fingerprint density at radius 3 is 2.62 bits per heavy atom. The summed E-state index contributed by atoms with van der Waals surface area (Å²) in [6, 6.07) is 8.91. The van der Waals surface area contributed by atoms with E-state index in [4.69, 9.17) is 4.74 Å². The zero-order valence-electron chi connectivity index (χ0n) is 14.4. The van der Waals surface area contributed by atoms with Crippen molar-refractivity contribution >= 4 is 17.6 Å². The quantitative estimate of drug-likeness (QED) is 0.799. The number of aromatic nitrogens is 1. The highest BCUT2D eigenvalue weighted by atomic mass is 16.5. The van der Waals surface area contributed by atoms with Gasteiger partial charge in [0.25, 0.3) is 0 Å². The van der Waals surface area contributed by atoms with Crippen LogP contribution in [0, 0.1) is 18.8 Å². The number of benzene rings is 1. The van der Waals surface area contributed by atoms with E-state index in [1.807, 2.05) is 25.1 Å². The molecule has 1 aromatic carbocycles. The lowest BCUT2D eigenvalue weighted by Gasteiger charge is -2.24. The second kappa shape index (κ2) is 7.82. The molecule has 3 rings (SSSR count). The van der Waals surface area contributed by atoms with Crippen LogP contribution in [0.1, 0.15) is 18.4 Å². The molecule has 2 atom stereocenters. The molecule has 6 heteroatoms. The SMILES string of the molecule is Cc1cc(NC(=O)[C@H]2CC=CC[C@H]2C(=O)O)ccc1Oc1cccnc1. The van der Waals surface area contributed by atoms with Crippen LogP contribution in [0.5, 0.6) is 11.5 Å². The first kappa shape index (κ1) is 17.7. The largest absolute Gasteiger partial charge is 0.481 e. The van der Waals surface area contributed by atoms with Gasteiger partial charge in [-0.3, -0.25) is 14.6 Å². The van der Waals surface area contributed by atoms with Crippen molar-refractivity contribution in [2.24, 2.45) is 11.8 Å². The molecule has 2 aromatic rings. The van der Waals surface area contributed by atoms with Gasteiger partial charge in [-0.2, -0.15) is 0 Å². The van der Waals surface area contributed by atoms with Gasteiger partial charge in [0.1, 0.15) is 11.5 Å². The molecule has 0 aliphatic heterocycles. The van der Waals surface area contributed by atoms with Crippen LogP contribution >= 0.6 is 0 Å². The van der Waals surface area contributed by atoms with Gasteiger partial charge in [0.15, 0.2) is 0 Å². The fraction of sp³-hybridized carbons (Fsp3) is 0.250. The Hall–Kier alpha value is -3.15. The minimum Gasteiger partial charge on any atom is -0.481 e. The van der Waals surface area contributed by atoms with Crippen LogP contribution in [0.4, 0.5) is 5.69 Å². The standard InChI is InChI=1S/C20H20N2O4/c1-13-11-14(8-9-18(13)26-15-5-4-10-21-12-15)22-19(23)16-6-2-3-7-17(16)20(24)25/h2-5,8-12,16-17H,6-7H2,1H3,(H,22,23)(H,24,25)/t16-,17+/m0/s1. The number of nitrogens with one attached hydrogen (secondary N) is 1. The van der Waals surface area contributed by atoms with Crippen molar-refractivity contribution in [2.45, 2.75) is 19.8 Å². The fourth-order valence-electron chi connectivity index (χ4n) is 2.99. The summed E-state index contributed by atoms with van der Waals surface area (Å²) in [5.41, 5.74) is 1.47. The zero-order valence-corrected chi connectivity index (χ0v) is 14.4. The number of ether oxygens (including phenoxy) is 1. The predicted molar refractivity (Wildman–Crippen MR) is 97.1 cm³/mol. The van der Waals surface area contributed by atoms with Gasteiger partial charge in [-0.05, 0) is 55.7 Å². The molecular weight excluding hydrogens is 332 g/mol. The number of rotatable bonds is 5. The minimum absolute atomic E-state index is 0.276. The summed E-state index contributed by atoms with van der Waals surface area (Å²) in [6.07, 6.45) is 7.78. The van der Waals surface area contributed by atoms with Crippen molar-refractivity contribution in [3.8, 4) is 11.5 Å². The third-order valence-electron chi connectivity index (χ3n) is 4.39. The maximum absolute atomic E-state index is 12.5. The molecule has 0 unspecified atom stereocenters. The van der Waals surface area contributed by atoms with Crippen molar-refractivity contribution in [1.82, 2.24) is 4.98 Å². The van der Waals surface area contributed by atoms with Crippen LogP contribution in [0.2, 0.25) is 0 Å². The molecule has 0 fully saturated rings. The number of nitrogens with zero attached hydrogens (tertiary/aromatic N) is 1. The van der Waals surface area contributed by atoms with Gasteiger partial charge in [-0.15, -0.1) is 0 Å². The normalized spacial score (nSPS) is 19.0. The van der Waals surface area contributed by atoms with Gasteiger partial charge in [0.2, 0.25) is 5.91 Å². The van der Waals surface area contributed by atoms with E-state index < -0.39 is 17.8 Å². The average Bonchev–Trinajstić information content (AvgIpc) is 2.65. The Morgan fingerprint density at radius 2 is 1.96 bits per heavy atom. The summed E-state index contributed by atoms with van der Waals surface area (Å²) >= 11 is 0. The van der Waals surface area contributed by atoms with Gasteiger partial charge >= 0.3 is 5.97 Å². The van der Waals surface area contributed by atoms with E-state index >= 15 is 0 Å². The number of carboxylic acid groups (broad SMARTS) is 1. The van der Waals surface area contributed by atoms with E-state index in [9.17, 15) is 14.7 Å². The maximum atomic E-state index is 12.5. The third-order valence-corrected chi connectivity index (χ3v) is 4.39. The van der Waals surface area contributed by atoms with E-state index in [1.165, 1.54) is 0 Å². The number of carbonyl (C=O) groups is 2. The molecule has 1 aliphatic carbocycles. The number of anilines is 1. The molecule has 2 N–H and O–H groups in total. The summed E-state index contributed by atoms with van der Waals surface area (Å²) in [7, 11) is 0. The van der Waals surface area contributed by atoms with Crippen LogP contribution in [0.25, 0.3) is 0 Å². The number of carboxylic acids is 1. The van der Waals surface area contributed by atoms with Crippen LogP contribution < -0.4 is 10.1 Å². The lowest BCUT2D eigenvalue weighted by molar-refractivity contribution is -0.146. The van der Waals surface area contributed by atoms with Gasteiger partial charge in [0, 0.05) is 11.9 Å². The smallest absolute Gasteiger partial charge is 0.307 e. The molecule has 0 saturated heterocycles. The average molecular weight is 352 g/mol. The number of carbonyl (C=O) groups excluding carboxylic acids is 1. The second-order valence-electron chi connectivity index (χ2n) is 6.25. The number of pyridine rings is 1. The number of allylic oxidation sites excluding steroid dienone is 2. The van der Waals surface area contributed by atoms with Gasteiger partial charge in [-0.1, -0.05) is 12.2 Å². The van der Waals surface area contributed by atoms with Crippen molar-refractivity contribution in [3.05, 3.63) is 60.4 Å². The summed E-state index contributed by atoms with van der Waals surface area (Å²) in [4.78, 5) is 27.9. The molecule has 6 nitrogen and oxygen atoms in total. The zero-order chi connectivity index (χ0) is 18.5. The molecule has 1 amide bonds. The van der Waals surface area contributed by atoms with Gasteiger partial charge in [0.05, 0.1) is 18.0 Å². The molecule has 1 aromatic heterocycles. The Kier molecular flexibility index (Phi) is 5.31. The number of aliphatic carboxylic acids is 1. The minimum atomic E-state index is -0.939. The highest BCUT2D eigenvalue weighted by Crippen LogP contribution is 2.29. The van der Waals surface area contributed by atoms with E-state index in [0.717, 1.165) is 5.56 Å². The van der Waals surface area contributed by atoms with Crippen LogP contribution in [-0.2, 0) is 9.59 Å². The molecule has 0 saturated carbocycles. The van der Waals surface area contributed by atoms with E-state index in [2.05, 4.69) is 10.3 Å². The molecule has 1 aliphatic rings. The number of amides is 1. The Bertz CT molecular complexity index is 833. The Labute approximate surface area is 151 Å². The second-order valence-corrected chi connectivity index (χ2v) is 6.25. The van der Waals surface area contributed by atoms with Crippen LogP contribution in [0.3, 0.4) is 0 Å². The lowest BCUT2D eigenvalue weighted by atomic mass is 9.82. The third kappa shape index (κ3) is 4.08. The summed E-state index contributed by atoms with van der Waals surface area (Å²) in [5.74, 6) is -1.17. The van der Waals surface area contributed by atoms with Gasteiger partial charge < -0.3 is 15.2 Å². The molecule has 0 radical (unpaired) electrons.